The van der Waals surface area contributed by atoms with Crippen LogP contribution in [0.25, 0.3) is 0 Å². The maximum Gasteiger partial charge on any atom is 0.150 e. The van der Waals surface area contributed by atoms with E-state index in [0.717, 1.165) is 17.1 Å². The Morgan fingerprint density at radius 1 is 1.42 bits per heavy atom. The lowest BCUT2D eigenvalue weighted by Gasteiger charge is -2.12. The molecular weight excluding hydrogens is 268 g/mol. The molecule has 0 fully saturated rings. The number of nitrogens with one attached hydrogen (secondary N) is 1. The zero-order valence-electron chi connectivity index (χ0n) is 10.2. The molecule has 1 atom stereocenters. The number of hydrogen-bond acceptors (Lipinski definition) is 4. The summed E-state index contributed by atoms with van der Waals surface area (Å²) in [6.07, 6.45) is 1.69. The fourth-order valence-electron chi connectivity index (χ4n) is 1.63. The second-order valence-electron chi connectivity index (χ2n) is 4.08. The van der Waals surface area contributed by atoms with Gasteiger partial charge in [0.1, 0.15) is 5.69 Å². The molecule has 1 aromatic heterocycles. The van der Waals surface area contributed by atoms with Gasteiger partial charge in [-0.05, 0) is 12.1 Å². The van der Waals surface area contributed by atoms with Crippen molar-refractivity contribution in [2.45, 2.75) is 12.8 Å². The van der Waals surface area contributed by atoms with Gasteiger partial charge >= 0.3 is 0 Å². The van der Waals surface area contributed by atoms with Crippen molar-refractivity contribution in [3.63, 3.8) is 0 Å². The molecular formula is C13H11F2N3S. The van der Waals surface area contributed by atoms with Crippen molar-refractivity contribution < 1.29 is 8.78 Å². The highest BCUT2D eigenvalue weighted by Gasteiger charge is 2.13. The number of benzene rings is 1. The van der Waals surface area contributed by atoms with Crippen molar-refractivity contribution in [1.29, 1.82) is 5.26 Å². The number of anilines is 1. The van der Waals surface area contributed by atoms with Gasteiger partial charge in [-0.15, -0.1) is 11.3 Å². The van der Waals surface area contributed by atoms with Crippen molar-refractivity contribution in [2.24, 2.45) is 0 Å². The molecule has 0 aliphatic heterocycles. The number of thiazole rings is 1. The summed E-state index contributed by atoms with van der Waals surface area (Å²) in [5, 5.41) is 14.1. The predicted molar refractivity (Wildman–Crippen MR) is 70.1 cm³/mol. The molecule has 98 valence electrons. The van der Waals surface area contributed by atoms with Gasteiger partial charge in [0.05, 0.1) is 16.6 Å². The summed E-state index contributed by atoms with van der Waals surface area (Å²) in [6, 6.07) is 3.73. The number of aromatic nitrogens is 1. The summed E-state index contributed by atoms with van der Waals surface area (Å²) in [5.74, 6) is -1.47. The third-order valence-corrected chi connectivity index (χ3v) is 3.64. The van der Waals surface area contributed by atoms with E-state index in [1.807, 2.05) is 12.3 Å². The second kappa shape index (κ2) is 5.76. The highest BCUT2D eigenvalue weighted by Crippen LogP contribution is 2.23. The third-order valence-electron chi connectivity index (χ3n) is 2.63. The Balaban J connectivity index is 2.10. The van der Waals surface area contributed by atoms with E-state index >= 15 is 0 Å². The van der Waals surface area contributed by atoms with Crippen LogP contribution in [0.5, 0.6) is 0 Å². The third kappa shape index (κ3) is 3.06. The van der Waals surface area contributed by atoms with Gasteiger partial charge in [-0.3, -0.25) is 0 Å². The molecule has 0 saturated carbocycles. The van der Waals surface area contributed by atoms with E-state index < -0.39 is 11.6 Å². The molecule has 0 amide bonds. The maximum absolute atomic E-state index is 13.6. The monoisotopic (exact) mass is 279 g/mol. The fourth-order valence-corrected chi connectivity index (χ4v) is 2.33. The zero-order valence-corrected chi connectivity index (χ0v) is 11.0. The molecule has 2 rings (SSSR count). The number of halogens is 2. The highest BCUT2D eigenvalue weighted by atomic mass is 32.1. The van der Waals surface area contributed by atoms with Gasteiger partial charge < -0.3 is 5.32 Å². The van der Waals surface area contributed by atoms with Gasteiger partial charge in [0.2, 0.25) is 0 Å². The Kier molecular flexibility index (Phi) is 4.07. The van der Waals surface area contributed by atoms with Crippen LogP contribution in [0.4, 0.5) is 14.5 Å². The van der Waals surface area contributed by atoms with E-state index in [1.54, 1.807) is 12.3 Å². The van der Waals surface area contributed by atoms with Gasteiger partial charge in [0.25, 0.3) is 0 Å². The molecule has 0 spiro atoms. The molecule has 0 aliphatic carbocycles. The van der Waals surface area contributed by atoms with Crippen LogP contribution in [0.2, 0.25) is 0 Å². The first-order valence-corrected chi connectivity index (χ1v) is 6.52. The smallest absolute Gasteiger partial charge is 0.150 e. The molecule has 0 aliphatic rings. The minimum absolute atomic E-state index is 0.0338. The standard InChI is InChI=1S/C13H11F2N3S/c1-8(13-17-2-3-19-13)7-18-12-10(14)4-9(6-16)5-11(12)15/h2-5,8,18H,7H2,1H3. The number of hydrogen-bond donors (Lipinski definition) is 1. The lowest BCUT2D eigenvalue weighted by molar-refractivity contribution is 0.585. The molecule has 6 heteroatoms. The van der Waals surface area contributed by atoms with E-state index in [4.69, 9.17) is 5.26 Å². The molecule has 0 saturated heterocycles. The Morgan fingerprint density at radius 2 is 2.11 bits per heavy atom. The van der Waals surface area contributed by atoms with Crippen molar-refractivity contribution in [2.75, 3.05) is 11.9 Å². The predicted octanol–water partition coefficient (Wildman–Crippen LogP) is 3.51. The van der Waals surface area contributed by atoms with Crippen LogP contribution in [-0.2, 0) is 0 Å². The van der Waals surface area contributed by atoms with Crippen molar-refractivity contribution >= 4 is 17.0 Å². The number of nitrogens with zero attached hydrogens (tertiary/aromatic N) is 2. The molecule has 2 aromatic rings. The molecule has 1 heterocycles. The quantitative estimate of drug-likeness (QED) is 0.931. The molecule has 1 aromatic carbocycles. The Labute approximate surface area is 113 Å². The topological polar surface area (TPSA) is 48.7 Å². The van der Waals surface area contributed by atoms with Crippen molar-refractivity contribution in [3.8, 4) is 6.07 Å². The summed E-state index contributed by atoms with van der Waals surface area (Å²) in [7, 11) is 0. The molecule has 19 heavy (non-hydrogen) atoms. The van der Waals surface area contributed by atoms with E-state index in [1.165, 1.54) is 11.3 Å². The van der Waals surface area contributed by atoms with Crippen LogP contribution in [-0.4, -0.2) is 11.5 Å². The first-order valence-electron chi connectivity index (χ1n) is 5.64. The Morgan fingerprint density at radius 3 is 2.63 bits per heavy atom. The summed E-state index contributed by atoms with van der Waals surface area (Å²) in [4.78, 5) is 4.15. The van der Waals surface area contributed by atoms with Crippen molar-refractivity contribution in [3.05, 3.63) is 45.9 Å². The Hall–Kier alpha value is -2.00. The SMILES string of the molecule is CC(CNc1c(F)cc(C#N)cc1F)c1nccs1. The average Bonchev–Trinajstić information content (AvgIpc) is 2.91. The summed E-state index contributed by atoms with van der Waals surface area (Å²) < 4.78 is 27.2. The van der Waals surface area contributed by atoms with Crippen LogP contribution in [0.15, 0.2) is 23.7 Å². The summed E-state index contributed by atoms with van der Waals surface area (Å²) in [6.45, 7) is 2.29. The minimum Gasteiger partial charge on any atom is -0.380 e. The lowest BCUT2D eigenvalue weighted by atomic mass is 10.1. The van der Waals surface area contributed by atoms with Gasteiger partial charge in [0.15, 0.2) is 11.6 Å². The van der Waals surface area contributed by atoms with Crippen LogP contribution in [0.3, 0.4) is 0 Å². The Bertz CT molecular complexity index is 582. The first kappa shape index (κ1) is 13.4. The van der Waals surface area contributed by atoms with Gasteiger partial charge in [-0.25, -0.2) is 13.8 Å². The van der Waals surface area contributed by atoms with Crippen molar-refractivity contribution in [1.82, 2.24) is 4.98 Å². The summed E-state index contributed by atoms with van der Waals surface area (Å²) >= 11 is 1.50. The van der Waals surface area contributed by atoms with E-state index in [9.17, 15) is 8.78 Å². The first-order chi connectivity index (χ1) is 9.11. The van der Waals surface area contributed by atoms with Crippen LogP contribution in [0, 0.1) is 23.0 Å². The largest absolute Gasteiger partial charge is 0.380 e. The number of rotatable bonds is 4. The molecule has 0 bridgehead atoms. The van der Waals surface area contributed by atoms with E-state index in [2.05, 4.69) is 10.3 Å². The lowest BCUT2D eigenvalue weighted by Crippen LogP contribution is -2.12. The average molecular weight is 279 g/mol. The minimum atomic E-state index is -0.761. The number of nitriles is 1. The molecule has 0 radical (unpaired) electrons. The fraction of sp³-hybridized carbons (Fsp3) is 0.231. The zero-order chi connectivity index (χ0) is 13.8. The van der Waals surface area contributed by atoms with Gasteiger partial charge in [-0.2, -0.15) is 5.26 Å². The van der Waals surface area contributed by atoms with E-state index in [-0.39, 0.29) is 17.2 Å². The maximum atomic E-state index is 13.6. The van der Waals surface area contributed by atoms with Gasteiger partial charge in [0, 0.05) is 24.0 Å². The normalized spacial score (nSPS) is 11.9. The highest BCUT2D eigenvalue weighted by molar-refractivity contribution is 7.09. The van der Waals surface area contributed by atoms with E-state index in [0.29, 0.717) is 6.54 Å². The summed E-state index contributed by atoms with van der Waals surface area (Å²) in [5.41, 5.74) is -0.240. The second-order valence-corrected chi connectivity index (χ2v) is 5.01. The van der Waals surface area contributed by atoms with Crippen LogP contribution >= 0.6 is 11.3 Å². The molecule has 3 nitrogen and oxygen atoms in total. The van der Waals surface area contributed by atoms with Crippen LogP contribution < -0.4 is 5.32 Å². The molecule has 1 unspecified atom stereocenters. The van der Waals surface area contributed by atoms with Gasteiger partial charge in [-0.1, -0.05) is 6.92 Å². The van der Waals surface area contributed by atoms with Crippen LogP contribution in [0.1, 0.15) is 23.4 Å². The molecule has 1 N–H and O–H groups in total.